The van der Waals surface area contributed by atoms with Crippen molar-refractivity contribution in [1.29, 1.82) is 0 Å². The van der Waals surface area contributed by atoms with Gasteiger partial charge in [0.1, 0.15) is 11.4 Å². The average Bonchev–Trinajstić information content (AvgIpc) is 2.51. The SMILES string of the molecule is CC.CC.CCC(=O)C(C)(C)OC.Oc1ccccc1. The van der Waals surface area contributed by atoms with E-state index in [0.29, 0.717) is 12.2 Å². The Hall–Kier alpha value is -1.35. The largest absolute Gasteiger partial charge is 0.508 e. The van der Waals surface area contributed by atoms with Gasteiger partial charge in [0.25, 0.3) is 0 Å². The zero-order valence-corrected chi connectivity index (χ0v) is 14.4. The minimum Gasteiger partial charge on any atom is -0.508 e. The van der Waals surface area contributed by atoms with Crippen molar-refractivity contribution in [3.63, 3.8) is 0 Å². The first-order chi connectivity index (χ1) is 9.44. The first kappa shape index (κ1) is 23.7. The summed E-state index contributed by atoms with van der Waals surface area (Å²) in [6.07, 6.45) is 0.542. The Morgan fingerprint density at radius 3 is 1.65 bits per heavy atom. The highest BCUT2D eigenvalue weighted by Gasteiger charge is 2.24. The van der Waals surface area contributed by atoms with E-state index in [-0.39, 0.29) is 5.78 Å². The van der Waals surface area contributed by atoms with Gasteiger partial charge in [0.05, 0.1) is 0 Å². The van der Waals surface area contributed by atoms with Crippen LogP contribution in [0.5, 0.6) is 5.75 Å². The number of hydrogen-bond donors (Lipinski definition) is 1. The van der Waals surface area contributed by atoms with Crippen LogP contribution in [0.4, 0.5) is 0 Å². The summed E-state index contributed by atoms with van der Waals surface area (Å²) in [6, 6.07) is 8.71. The second-order valence-electron chi connectivity index (χ2n) is 3.83. The van der Waals surface area contributed by atoms with Crippen LogP contribution in [0, 0.1) is 0 Å². The van der Waals surface area contributed by atoms with E-state index in [9.17, 15) is 4.79 Å². The number of phenols is 1. The fourth-order valence-corrected chi connectivity index (χ4v) is 0.968. The zero-order chi connectivity index (χ0) is 16.6. The van der Waals surface area contributed by atoms with E-state index in [4.69, 9.17) is 9.84 Å². The fourth-order valence-electron chi connectivity index (χ4n) is 0.968. The molecule has 0 aliphatic rings. The van der Waals surface area contributed by atoms with Crippen molar-refractivity contribution >= 4 is 5.78 Å². The van der Waals surface area contributed by atoms with Crippen LogP contribution >= 0.6 is 0 Å². The summed E-state index contributed by atoms with van der Waals surface area (Å²) in [7, 11) is 1.55. The average molecular weight is 284 g/mol. The number of ether oxygens (including phenoxy) is 1. The lowest BCUT2D eigenvalue weighted by atomic mass is 10.0. The Balaban J connectivity index is -0.000000234. The molecular weight excluding hydrogens is 252 g/mol. The molecule has 0 bridgehead atoms. The highest BCUT2D eigenvalue weighted by atomic mass is 16.5. The molecular formula is C17H32O3. The van der Waals surface area contributed by atoms with Gasteiger partial charge in [-0.25, -0.2) is 0 Å². The van der Waals surface area contributed by atoms with Gasteiger partial charge in [-0.3, -0.25) is 4.79 Å². The number of methoxy groups -OCH3 is 1. The Labute approximate surface area is 125 Å². The third kappa shape index (κ3) is 13.1. The molecule has 3 nitrogen and oxygen atoms in total. The number of Topliss-reactive ketones (excluding diaryl/α,β-unsaturated/α-hetero) is 1. The molecule has 0 unspecified atom stereocenters. The van der Waals surface area contributed by atoms with Crippen LogP contribution in [0.15, 0.2) is 30.3 Å². The number of hydrogen-bond acceptors (Lipinski definition) is 3. The Bertz CT molecular complexity index is 305. The van der Waals surface area contributed by atoms with Crippen LogP contribution < -0.4 is 0 Å². The van der Waals surface area contributed by atoms with Crippen molar-refractivity contribution in [3.05, 3.63) is 30.3 Å². The number of para-hydroxylation sites is 1. The third-order valence-electron chi connectivity index (χ3n) is 2.26. The number of carbonyl (C=O) groups excluding carboxylic acids is 1. The number of rotatable bonds is 3. The highest BCUT2D eigenvalue weighted by molar-refractivity contribution is 5.86. The molecule has 0 heterocycles. The second-order valence-corrected chi connectivity index (χ2v) is 3.83. The lowest BCUT2D eigenvalue weighted by Crippen LogP contribution is -2.32. The third-order valence-corrected chi connectivity index (χ3v) is 2.26. The van der Waals surface area contributed by atoms with Crippen molar-refractivity contribution in [2.75, 3.05) is 7.11 Å². The van der Waals surface area contributed by atoms with E-state index in [1.165, 1.54) is 0 Å². The molecule has 0 spiro atoms. The van der Waals surface area contributed by atoms with Gasteiger partial charge in [0.2, 0.25) is 0 Å². The number of benzene rings is 1. The Kier molecular flexibility index (Phi) is 18.6. The number of ketones is 1. The van der Waals surface area contributed by atoms with Crippen molar-refractivity contribution < 1.29 is 14.6 Å². The summed E-state index contributed by atoms with van der Waals surface area (Å²) in [5.41, 5.74) is -0.589. The van der Waals surface area contributed by atoms with Gasteiger partial charge in [0.15, 0.2) is 5.78 Å². The maximum atomic E-state index is 10.9. The molecule has 118 valence electrons. The summed E-state index contributed by atoms with van der Waals surface area (Å²) >= 11 is 0. The smallest absolute Gasteiger partial charge is 0.163 e. The van der Waals surface area contributed by atoms with Crippen LogP contribution in [0.25, 0.3) is 0 Å². The topological polar surface area (TPSA) is 46.5 Å². The number of phenolic OH excluding ortho intramolecular Hbond substituents is 1. The van der Waals surface area contributed by atoms with Gasteiger partial charge in [0, 0.05) is 13.5 Å². The predicted molar refractivity (Wildman–Crippen MR) is 87.2 cm³/mol. The van der Waals surface area contributed by atoms with Crippen molar-refractivity contribution in [1.82, 2.24) is 0 Å². The second kappa shape index (κ2) is 15.7. The molecule has 0 radical (unpaired) electrons. The van der Waals surface area contributed by atoms with Crippen LogP contribution in [-0.2, 0) is 9.53 Å². The summed E-state index contributed by atoms with van der Waals surface area (Å²) in [4.78, 5) is 10.9. The monoisotopic (exact) mass is 284 g/mol. The van der Waals surface area contributed by atoms with Crippen LogP contribution in [0.1, 0.15) is 54.9 Å². The van der Waals surface area contributed by atoms with E-state index in [2.05, 4.69) is 0 Å². The summed E-state index contributed by atoms with van der Waals surface area (Å²) in [6.45, 7) is 13.4. The molecule has 0 aliphatic carbocycles. The van der Waals surface area contributed by atoms with Crippen LogP contribution in [0.3, 0.4) is 0 Å². The van der Waals surface area contributed by atoms with Crippen molar-refractivity contribution in [2.24, 2.45) is 0 Å². The van der Waals surface area contributed by atoms with Gasteiger partial charge >= 0.3 is 0 Å². The maximum Gasteiger partial charge on any atom is 0.163 e. The van der Waals surface area contributed by atoms with Gasteiger partial charge in [-0.2, -0.15) is 0 Å². The maximum absolute atomic E-state index is 10.9. The summed E-state index contributed by atoms with van der Waals surface area (Å²) in [5.74, 6) is 0.465. The zero-order valence-electron chi connectivity index (χ0n) is 14.4. The molecule has 1 N–H and O–H groups in total. The van der Waals surface area contributed by atoms with Crippen molar-refractivity contribution in [2.45, 2.75) is 60.5 Å². The molecule has 20 heavy (non-hydrogen) atoms. The van der Waals surface area contributed by atoms with E-state index >= 15 is 0 Å². The normalized spacial score (nSPS) is 8.80. The van der Waals surface area contributed by atoms with Crippen LogP contribution in [-0.4, -0.2) is 23.6 Å². The molecule has 1 aromatic carbocycles. The lowest BCUT2D eigenvalue weighted by molar-refractivity contribution is -0.136. The summed E-state index contributed by atoms with van der Waals surface area (Å²) < 4.78 is 4.94. The van der Waals surface area contributed by atoms with Crippen molar-refractivity contribution in [3.8, 4) is 5.75 Å². The summed E-state index contributed by atoms with van der Waals surface area (Å²) in [5, 5.41) is 8.63. The number of aromatic hydroxyl groups is 1. The van der Waals surface area contributed by atoms with Crippen LogP contribution in [0.2, 0.25) is 0 Å². The molecule has 0 saturated carbocycles. The van der Waals surface area contributed by atoms with Gasteiger partial charge in [-0.1, -0.05) is 52.8 Å². The molecule has 3 heteroatoms. The van der Waals surface area contributed by atoms with E-state index in [1.54, 1.807) is 45.2 Å². The minimum absolute atomic E-state index is 0.144. The Morgan fingerprint density at radius 1 is 1.10 bits per heavy atom. The molecule has 0 fully saturated rings. The molecule has 1 aromatic rings. The lowest BCUT2D eigenvalue weighted by Gasteiger charge is -2.19. The standard InChI is InChI=1S/C7H14O2.C6H6O.2C2H6/c1-5-6(8)7(2,3)9-4;7-6-4-2-1-3-5-6;2*1-2/h5H2,1-4H3;1-5,7H;2*1-2H3. The molecule has 0 aromatic heterocycles. The van der Waals surface area contributed by atoms with E-state index in [1.807, 2.05) is 40.7 Å². The molecule has 1 rings (SSSR count). The van der Waals surface area contributed by atoms with E-state index in [0.717, 1.165) is 0 Å². The highest BCUT2D eigenvalue weighted by Crippen LogP contribution is 2.10. The predicted octanol–water partition coefficient (Wildman–Crippen LogP) is 4.84. The van der Waals surface area contributed by atoms with Gasteiger partial charge < -0.3 is 9.84 Å². The molecule has 0 atom stereocenters. The van der Waals surface area contributed by atoms with E-state index < -0.39 is 5.60 Å². The van der Waals surface area contributed by atoms with Gasteiger partial charge in [-0.05, 0) is 26.0 Å². The number of carbonyl (C=O) groups is 1. The minimum atomic E-state index is -0.589. The molecule has 0 amide bonds. The fraction of sp³-hybridized carbons (Fsp3) is 0.588. The Morgan fingerprint density at radius 2 is 1.50 bits per heavy atom. The first-order valence-electron chi connectivity index (χ1n) is 7.26. The molecule has 0 aliphatic heterocycles. The molecule has 0 saturated heterocycles. The first-order valence-corrected chi connectivity index (χ1v) is 7.26. The van der Waals surface area contributed by atoms with Gasteiger partial charge in [-0.15, -0.1) is 0 Å². The quantitative estimate of drug-likeness (QED) is 0.864.